The maximum Gasteiger partial charge on any atom is 0.0537 e. The quantitative estimate of drug-likeness (QED) is 0.615. The minimum absolute atomic E-state index is 0.0448. The summed E-state index contributed by atoms with van der Waals surface area (Å²) >= 11 is 0. The molecule has 0 heterocycles. The van der Waals surface area contributed by atoms with Crippen molar-refractivity contribution in [2.24, 2.45) is 23.7 Å². The maximum absolute atomic E-state index is 9.71. The van der Waals surface area contributed by atoms with Crippen LogP contribution >= 0.6 is 0 Å². The van der Waals surface area contributed by atoms with E-state index in [-0.39, 0.29) is 6.10 Å². The first-order valence-corrected chi connectivity index (χ1v) is 9.90. The third kappa shape index (κ3) is 5.58. The lowest BCUT2D eigenvalue weighted by Crippen LogP contribution is -2.26. The number of hydrogen-bond donors (Lipinski definition) is 1. The highest BCUT2D eigenvalue weighted by Crippen LogP contribution is 2.42. The highest BCUT2D eigenvalue weighted by atomic mass is 16.3. The maximum atomic E-state index is 9.71. The topological polar surface area (TPSA) is 20.2 Å². The van der Waals surface area contributed by atoms with Crippen LogP contribution in [0.5, 0.6) is 0 Å². The molecule has 0 aromatic heterocycles. The van der Waals surface area contributed by atoms with Gasteiger partial charge >= 0.3 is 0 Å². The van der Waals surface area contributed by atoms with Gasteiger partial charge in [0.2, 0.25) is 0 Å². The van der Waals surface area contributed by atoms with Gasteiger partial charge in [-0.2, -0.15) is 0 Å². The van der Waals surface area contributed by atoms with Crippen LogP contribution in [0.1, 0.15) is 97.3 Å². The molecule has 0 bridgehead atoms. The smallest absolute Gasteiger partial charge is 0.0537 e. The van der Waals surface area contributed by atoms with Gasteiger partial charge in [-0.3, -0.25) is 0 Å². The average molecular weight is 295 g/mol. The second-order valence-electron chi connectivity index (χ2n) is 7.99. The SMILES string of the molecule is CCC[C@H]1CC[C@H]([C@H]2CC[C@H](CCC(O)CC)CC2)CC1. The Balaban J connectivity index is 1.63. The normalized spacial score (nSPS) is 35.6. The monoisotopic (exact) mass is 294 g/mol. The molecule has 1 atom stereocenters. The molecule has 21 heavy (non-hydrogen) atoms. The third-order valence-electron chi connectivity index (χ3n) is 6.53. The van der Waals surface area contributed by atoms with Crippen molar-refractivity contribution in [2.75, 3.05) is 0 Å². The van der Waals surface area contributed by atoms with E-state index in [0.717, 1.165) is 36.5 Å². The van der Waals surface area contributed by atoms with Crippen molar-refractivity contribution < 1.29 is 5.11 Å². The molecule has 0 aromatic carbocycles. The molecular formula is C20H38O. The van der Waals surface area contributed by atoms with Gasteiger partial charge in [0.15, 0.2) is 0 Å². The van der Waals surface area contributed by atoms with Gasteiger partial charge in [0.25, 0.3) is 0 Å². The average Bonchev–Trinajstić information content (AvgIpc) is 2.54. The highest BCUT2D eigenvalue weighted by Gasteiger charge is 2.30. The fraction of sp³-hybridized carbons (Fsp3) is 1.00. The van der Waals surface area contributed by atoms with Gasteiger partial charge in [-0.15, -0.1) is 0 Å². The summed E-state index contributed by atoms with van der Waals surface area (Å²) in [5.41, 5.74) is 0. The van der Waals surface area contributed by atoms with Crippen LogP contribution in [0.4, 0.5) is 0 Å². The van der Waals surface area contributed by atoms with Gasteiger partial charge in [-0.05, 0) is 68.6 Å². The van der Waals surface area contributed by atoms with Crippen molar-refractivity contribution in [3.05, 3.63) is 0 Å². The summed E-state index contributed by atoms with van der Waals surface area (Å²) in [6.07, 6.45) is 18.0. The Bertz CT molecular complexity index is 259. The van der Waals surface area contributed by atoms with Crippen molar-refractivity contribution in [1.82, 2.24) is 0 Å². The first-order chi connectivity index (χ1) is 10.2. The molecule has 0 amide bonds. The zero-order valence-electron chi connectivity index (χ0n) is 14.5. The molecule has 2 fully saturated rings. The molecule has 0 saturated heterocycles. The molecule has 2 rings (SSSR count). The molecular weight excluding hydrogens is 256 g/mol. The molecule has 2 aliphatic rings. The largest absolute Gasteiger partial charge is 0.393 e. The minimum Gasteiger partial charge on any atom is -0.393 e. The van der Waals surface area contributed by atoms with Crippen LogP contribution in [0.15, 0.2) is 0 Å². The van der Waals surface area contributed by atoms with Gasteiger partial charge < -0.3 is 5.11 Å². The van der Waals surface area contributed by atoms with E-state index in [4.69, 9.17) is 0 Å². The summed E-state index contributed by atoms with van der Waals surface area (Å²) in [7, 11) is 0. The molecule has 0 radical (unpaired) electrons. The number of rotatable bonds is 7. The summed E-state index contributed by atoms with van der Waals surface area (Å²) in [6.45, 7) is 4.43. The van der Waals surface area contributed by atoms with E-state index in [1.807, 2.05) is 0 Å². The summed E-state index contributed by atoms with van der Waals surface area (Å²) in [5.74, 6) is 4.07. The minimum atomic E-state index is -0.0448. The molecule has 0 aromatic rings. The third-order valence-corrected chi connectivity index (χ3v) is 6.53. The van der Waals surface area contributed by atoms with Crippen LogP contribution in [0.3, 0.4) is 0 Å². The molecule has 1 unspecified atom stereocenters. The molecule has 1 N–H and O–H groups in total. The van der Waals surface area contributed by atoms with Crippen LogP contribution in [0, 0.1) is 23.7 Å². The van der Waals surface area contributed by atoms with Gasteiger partial charge in [0, 0.05) is 0 Å². The van der Waals surface area contributed by atoms with Crippen molar-refractivity contribution in [3.8, 4) is 0 Å². The van der Waals surface area contributed by atoms with Crippen molar-refractivity contribution in [1.29, 1.82) is 0 Å². The number of hydrogen-bond acceptors (Lipinski definition) is 1. The Morgan fingerprint density at radius 1 is 0.762 bits per heavy atom. The van der Waals surface area contributed by atoms with Crippen LogP contribution in [0.25, 0.3) is 0 Å². The van der Waals surface area contributed by atoms with E-state index >= 15 is 0 Å². The molecule has 1 nitrogen and oxygen atoms in total. The first-order valence-electron chi connectivity index (χ1n) is 9.90. The van der Waals surface area contributed by atoms with Gasteiger partial charge in [0.05, 0.1) is 6.10 Å². The predicted molar refractivity (Wildman–Crippen MR) is 91.3 cm³/mol. The Morgan fingerprint density at radius 3 is 1.67 bits per heavy atom. The lowest BCUT2D eigenvalue weighted by molar-refractivity contribution is 0.121. The zero-order valence-corrected chi connectivity index (χ0v) is 14.5. The Labute approximate surface area is 132 Å². The summed E-state index contributed by atoms with van der Waals surface area (Å²) in [6, 6.07) is 0. The number of aliphatic hydroxyl groups excluding tert-OH is 1. The van der Waals surface area contributed by atoms with Crippen molar-refractivity contribution in [2.45, 2.75) is 103 Å². The molecule has 124 valence electrons. The van der Waals surface area contributed by atoms with E-state index in [2.05, 4.69) is 13.8 Å². The lowest BCUT2D eigenvalue weighted by Gasteiger charge is -2.38. The standard InChI is InChI=1S/C20H38O/c1-3-5-16-6-11-18(12-7-16)19-13-8-17(9-14-19)10-15-20(21)4-2/h16-21H,3-15H2,1-2H3/t16-,17-,18-,19-,20?. The highest BCUT2D eigenvalue weighted by molar-refractivity contribution is 4.82. The summed E-state index contributed by atoms with van der Waals surface area (Å²) in [4.78, 5) is 0. The van der Waals surface area contributed by atoms with Crippen molar-refractivity contribution >= 4 is 0 Å². The van der Waals surface area contributed by atoms with Crippen LogP contribution in [-0.2, 0) is 0 Å². The molecule has 0 aliphatic heterocycles. The Kier molecular flexibility index (Phi) is 7.57. The van der Waals surface area contributed by atoms with Crippen LogP contribution in [0.2, 0.25) is 0 Å². The second-order valence-corrected chi connectivity index (χ2v) is 7.99. The van der Waals surface area contributed by atoms with Gasteiger partial charge in [-0.1, -0.05) is 52.4 Å². The fourth-order valence-corrected chi connectivity index (χ4v) is 4.94. The van der Waals surface area contributed by atoms with Crippen molar-refractivity contribution in [3.63, 3.8) is 0 Å². The fourth-order valence-electron chi connectivity index (χ4n) is 4.94. The summed E-state index contributed by atoms with van der Waals surface area (Å²) in [5, 5.41) is 9.71. The zero-order chi connectivity index (χ0) is 15.1. The molecule has 0 spiro atoms. The van der Waals surface area contributed by atoms with E-state index in [9.17, 15) is 5.11 Å². The Morgan fingerprint density at radius 2 is 1.24 bits per heavy atom. The van der Waals surface area contributed by atoms with E-state index in [0.29, 0.717) is 0 Å². The molecule has 2 aliphatic carbocycles. The van der Waals surface area contributed by atoms with Crippen LogP contribution in [-0.4, -0.2) is 11.2 Å². The lowest BCUT2D eigenvalue weighted by atomic mass is 9.68. The van der Waals surface area contributed by atoms with E-state index in [1.165, 1.54) is 70.6 Å². The second kappa shape index (κ2) is 9.18. The van der Waals surface area contributed by atoms with E-state index < -0.39 is 0 Å². The Hall–Kier alpha value is -0.0400. The summed E-state index contributed by atoms with van der Waals surface area (Å²) < 4.78 is 0. The predicted octanol–water partition coefficient (Wildman–Crippen LogP) is 5.95. The molecule has 1 heteroatoms. The number of aliphatic hydroxyl groups is 1. The van der Waals surface area contributed by atoms with Gasteiger partial charge in [-0.25, -0.2) is 0 Å². The first kappa shape index (κ1) is 17.3. The van der Waals surface area contributed by atoms with Crippen LogP contribution < -0.4 is 0 Å². The van der Waals surface area contributed by atoms with E-state index in [1.54, 1.807) is 0 Å². The van der Waals surface area contributed by atoms with Gasteiger partial charge in [0.1, 0.15) is 0 Å². The molecule has 2 saturated carbocycles.